The third kappa shape index (κ3) is 2.70. The van der Waals surface area contributed by atoms with Gasteiger partial charge in [0.2, 0.25) is 0 Å². The highest BCUT2D eigenvalue weighted by Crippen LogP contribution is 2.35. The average Bonchev–Trinajstić information content (AvgIpc) is 2.16. The van der Waals surface area contributed by atoms with Crippen LogP contribution in [-0.4, -0.2) is 19.7 Å². The molecule has 2 rings (SSSR count). The van der Waals surface area contributed by atoms with Crippen molar-refractivity contribution in [3.8, 4) is 5.75 Å². The Hall–Kier alpha value is -0.150. The van der Waals surface area contributed by atoms with E-state index < -0.39 is 0 Å². The van der Waals surface area contributed by atoms with Crippen molar-refractivity contribution < 1.29 is 4.74 Å². The van der Waals surface area contributed by atoms with Gasteiger partial charge in [-0.1, -0.05) is 23.2 Å². The first-order chi connectivity index (χ1) is 6.70. The summed E-state index contributed by atoms with van der Waals surface area (Å²) in [6.07, 6.45) is 0.909. The smallest absolute Gasteiger partial charge is 0.141 e. The first kappa shape index (κ1) is 12.9. The molecule has 0 saturated heterocycles. The van der Waals surface area contributed by atoms with Crippen molar-refractivity contribution in [1.29, 1.82) is 0 Å². The van der Waals surface area contributed by atoms with E-state index in [9.17, 15) is 0 Å². The molecule has 15 heavy (non-hydrogen) atoms. The standard InChI is InChI=1S/C10H11Cl2NO.ClH/c1-13-8-3-6-2-7(11)4-9(12)10(6)14-5-8;/h2,4,8,13H,3,5H2,1H3;1H. The van der Waals surface area contributed by atoms with E-state index in [0.717, 1.165) is 17.7 Å². The molecule has 1 atom stereocenters. The van der Waals surface area contributed by atoms with Crippen LogP contribution in [0, 0.1) is 0 Å². The van der Waals surface area contributed by atoms with Gasteiger partial charge in [0, 0.05) is 11.1 Å². The third-order valence-electron chi connectivity index (χ3n) is 2.39. The molecule has 0 radical (unpaired) electrons. The van der Waals surface area contributed by atoms with E-state index in [4.69, 9.17) is 27.9 Å². The van der Waals surface area contributed by atoms with Crippen LogP contribution in [0.5, 0.6) is 5.75 Å². The van der Waals surface area contributed by atoms with E-state index in [1.807, 2.05) is 13.1 Å². The van der Waals surface area contributed by atoms with Crippen molar-refractivity contribution >= 4 is 35.6 Å². The van der Waals surface area contributed by atoms with Gasteiger partial charge in [-0.2, -0.15) is 0 Å². The minimum absolute atomic E-state index is 0. The van der Waals surface area contributed by atoms with Gasteiger partial charge in [0.05, 0.1) is 5.02 Å². The van der Waals surface area contributed by atoms with Crippen LogP contribution < -0.4 is 10.1 Å². The summed E-state index contributed by atoms with van der Waals surface area (Å²) in [5.41, 5.74) is 1.08. The molecule has 1 aromatic rings. The zero-order valence-electron chi connectivity index (χ0n) is 8.22. The molecule has 0 spiro atoms. The molecule has 5 heteroatoms. The second kappa shape index (κ2) is 5.26. The fraction of sp³-hybridized carbons (Fsp3) is 0.400. The first-order valence-electron chi connectivity index (χ1n) is 4.48. The quantitative estimate of drug-likeness (QED) is 0.845. The normalized spacial score (nSPS) is 18.7. The van der Waals surface area contributed by atoms with Gasteiger partial charge >= 0.3 is 0 Å². The van der Waals surface area contributed by atoms with Crippen molar-refractivity contribution in [2.24, 2.45) is 0 Å². The number of hydrogen-bond acceptors (Lipinski definition) is 2. The van der Waals surface area contributed by atoms with Gasteiger partial charge in [-0.15, -0.1) is 12.4 Å². The van der Waals surface area contributed by atoms with Crippen molar-refractivity contribution in [3.05, 3.63) is 27.7 Å². The average molecular weight is 269 g/mol. The van der Waals surface area contributed by atoms with Gasteiger partial charge in [-0.05, 0) is 31.2 Å². The number of benzene rings is 1. The minimum Gasteiger partial charge on any atom is -0.490 e. The van der Waals surface area contributed by atoms with Crippen LogP contribution in [0.15, 0.2) is 12.1 Å². The molecule has 1 aromatic carbocycles. The monoisotopic (exact) mass is 267 g/mol. The van der Waals surface area contributed by atoms with Gasteiger partial charge in [0.25, 0.3) is 0 Å². The van der Waals surface area contributed by atoms with Crippen LogP contribution >= 0.6 is 35.6 Å². The number of ether oxygens (including phenoxy) is 1. The van der Waals surface area contributed by atoms with Crippen LogP contribution in [0.2, 0.25) is 10.0 Å². The third-order valence-corrected chi connectivity index (χ3v) is 2.89. The van der Waals surface area contributed by atoms with Crippen LogP contribution in [0.25, 0.3) is 0 Å². The summed E-state index contributed by atoms with van der Waals surface area (Å²) in [6.45, 7) is 0.658. The molecule has 0 amide bonds. The second-order valence-electron chi connectivity index (χ2n) is 3.38. The Morgan fingerprint density at radius 2 is 2.13 bits per heavy atom. The number of nitrogens with one attached hydrogen (secondary N) is 1. The van der Waals surface area contributed by atoms with Gasteiger partial charge in [0.1, 0.15) is 12.4 Å². The van der Waals surface area contributed by atoms with Crippen LogP contribution in [0.1, 0.15) is 5.56 Å². The number of fused-ring (bicyclic) bond motifs is 1. The maximum atomic E-state index is 6.01. The molecule has 0 bridgehead atoms. The van der Waals surface area contributed by atoms with E-state index >= 15 is 0 Å². The number of likely N-dealkylation sites (N-methyl/N-ethyl adjacent to an activating group) is 1. The molecular weight excluding hydrogens is 256 g/mol. The Morgan fingerprint density at radius 1 is 1.40 bits per heavy atom. The summed E-state index contributed by atoms with van der Waals surface area (Å²) in [5, 5.41) is 4.43. The molecule has 0 fully saturated rings. The summed E-state index contributed by atoms with van der Waals surface area (Å²) >= 11 is 11.9. The molecule has 1 N–H and O–H groups in total. The topological polar surface area (TPSA) is 21.3 Å². The van der Waals surface area contributed by atoms with E-state index in [1.54, 1.807) is 6.07 Å². The molecule has 2 nitrogen and oxygen atoms in total. The lowest BCUT2D eigenvalue weighted by atomic mass is 10.0. The number of hydrogen-bond donors (Lipinski definition) is 1. The summed E-state index contributed by atoms with van der Waals surface area (Å²) in [4.78, 5) is 0. The summed E-state index contributed by atoms with van der Waals surface area (Å²) in [5.74, 6) is 0.780. The highest BCUT2D eigenvalue weighted by molar-refractivity contribution is 6.35. The lowest BCUT2D eigenvalue weighted by Crippen LogP contribution is -2.36. The van der Waals surface area contributed by atoms with Crippen molar-refractivity contribution in [2.75, 3.05) is 13.7 Å². The molecule has 0 aliphatic carbocycles. The largest absolute Gasteiger partial charge is 0.490 e. The Kier molecular flexibility index (Phi) is 4.53. The maximum Gasteiger partial charge on any atom is 0.141 e. The minimum atomic E-state index is 0. The SMILES string of the molecule is CNC1COc2c(Cl)cc(Cl)cc2C1.Cl. The molecule has 0 aromatic heterocycles. The van der Waals surface area contributed by atoms with Crippen molar-refractivity contribution in [2.45, 2.75) is 12.5 Å². The maximum absolute atomic E-state index is 6.01. The zero-order chi connectivity index (χ0) is 10.1. The van der Waals surface area contributed by atoms with E-state index in [2.05, 4.69) is 5.32 Å². The van der Waals surface area contributed by atoms with Gasteiger partial charge in [-0.3, -0.25) is 0 Å². The zero-order valence-corrected chi connectivity index (χ0v) is 10.5. The van der Waals surface area contributed by atoms with E-state index in [-0.39, 0.29) is 12.4 Å². The summed E-state index contributed by atoms with van der Waals surface area (Å²) in [7, 11) is 1.92. The van der Waals surface area contributed by atoms with Gasteiger partial charge < -0.3 is 10.1 Å². The highest BCUT2D eigenvalue weighted by Gasteiger charge is 2.21. The Balaban J connectivity index is 0.00000112. The number of halogens is 3. The van der Waals surface area contributed by atoms with Crippen molar-refractivity contribution in [1.82, 2.24) is 5.32 Å². The van der Waals surface area contributed by atoms with E-state index in [1.165, 1.54) is 0 Å². The van der Waals surface area contributed by atoms with E-state index in [0.29, 0.717) is 22.7 Å². The highest BCUT2D eigenvalue weighted by atomic mass is 35.5. The fourth-order valence-corrected chi connectivity index (χ4v) is 2.21. The predicted octanol–water partition coefficient (Wildman–Crippen LogP) is 2.94. The Morgan fingerprint density at radius 3 is 2.80 bits per heavy atom. The molecule has 84 valence electrons. The van der Waals surface area contributed by atoms with Gasteiger partial charge in [0.15, 0.2) is 0 Å². The second-order valence-corrected chi connectivity index (χ2v) is 4.22. The van der Waals surface area contributed by atoms with Gasteiger partial charge in [-0.25, -0.2) is 0 Å². The molecule has 1 unspecified atom stereocenters. The summed E-state index contributed by atoms with van der Waals surface area (Å²) < 4.78 is 5.56. The molecule has 0 saturated carbocycles. The lowest BCUT2D eigenvalue weighted by molar-refractivity contribution is 0.246. The van der Waals surface area contributed by atoms with Crippen molar-refractivity contribution in [3.63, 3.8) is 0 Å². The van der Waals surface area contributed by atoms with Crippen LogP contribution in [0.4, 0.5) is 0 Å². The Bertz CT molecular complexity index is 357. The summed E-state index contributed by atoms with van der Waals surface area (Å²) in [6, 6.07) is 3.96. The Labute approximate surface area is 105 Å². The predicted molar refractivity (Wildman–Crippen MR) is 65.8 cm³/mol. The number of rotatable bonds is 1. The molecule has 1 heterocycles. The molecular formula is C10H12Cl3NO. The fourth-order valence-electron chi connectivity index (χ4n) is 1.62. The lowest BCUT2D eigenvalue weighted by Gasteiger charge is -2.25. The van der Waals surface area contributed by atoms with Crippen LogP contribution in [0.3, 0.4) is 0 Å². The first-order valence-corrected chi connectivity index (χ1v) is 5.24. The van der Waals surface area contributed by atoms with Crippen LogP contribution in [-0.2, 0) is 6.42 Å². The molecule has 1 aliphatic rings. The molecule has 1 aliphatic heterocycles.